The summed E-state index contributed by atoms with van der Waals surface area (Å²) >= 11 is 4.21. The van der Waals surface area contributed by atoms with Gasteiger partial charge in [-0.05, 0) is 89.4 Å². The van der Waals surface area contributed by atoms with Crippen LogP contribution < -0.4 is 9.47 Å². The Morgan fingerprint density at radius 3 is 2.51 bits per heavy atom. The van der Waals surface area contributed by atoms with Gasteiger partial charge in [0.25, 0.3) is 16.8 Å². The smallest absolute Gasteiger partial charge is 0.326 e. The molecule has 2 aromatic carbocycles. The topological polar surface area (TPSA) is 125 Å². The van der Waals surface area contributed by atoms with E-state index in [0.717, 1.165) is 22.2 Å². The molecule has 12 heteroatoms. The minimum Gasteiger partial charge on any atom is -0.490 e. The summed E-state index contributed by atoms with van der Waals surface area (Å²) in [5, 5.41) is 10.3. The van der Waals surface area contributed by atoms with Gasteiger partial charge in [0.15, 0.2) is 11.5 Å². The molecule has 1 aliphatic heterocycles. The van der Waals surface area contributed by atoms with Crippen LogP contribution in [0, 0.1) is 10.1 Å². The van der Waals surface area contributed by atoms with E-state index in [9.17, 15) is 24.5 Å². The lowest BCUT2D eigenvalue weighted by Crippen LogP contribution is -2.35. The molecule has 37 heavy (non-hydrogen) atoms. The lowest BCUT2D eigenvalue weighted by Gasteiger charge is -2.15. The minimum absolute atomic E-state index is 0.0129. The second-order valence-electron chi connectivity index (χ2n) is 7.95. The Labute approximate surface area is 226 Å². The first-order valence-corrected chi connectivity index (χ1v) is 13.0. The zero-order valence-electron chi connectivity index (χ0n) is 20.4. The van der Waals surface area contributed by atoms with E-state index >= 15 is 0 Å². The molecule has 10 nitrogen and oxygen atoms in total. The number of halogens is 1. The fourth-order valence-electron chi connectivity index (χ4n) is 3.21. The lowest BCUT2D eigenvalue weighted by molar-refractivity contribution is -0.384. The Kier molecular flexibility index (Phi) is 9.70. The van der Waals surface area contributed by atoms with Crippen LogP contribution in [0.25, 0.3) is 6.08 Å². The predicted molar refractivity (Wildman–Crippen MR) is 141 cm³/mol. The quantitative estimate of drug-likeness (QED) is 0.139. The third-order valence-corrected chi connectivity index (χ3v) is 6.72. The van der Waals surface area contributed by atoms with Crippen molar-refractivity contribution in [1.29, 1.82) is 0 Å². The number of nitro benzene ring substituents is 1. The third-order valence-electron chi connectivity index (χ3n) is 5.23. The second kappa shape index (κ2) is 12.7. The maximum absolute atomic E-state index is 12.8. The van der Waals surface area contributed by atoms with Crippen LogP contribution >= 0.6 is 27.7 Å². The number of nitrogens with zero attached hydrogens (tertiary/aromatic N) is 2. The zero-order valence-corrected chi connectivity index (χ0v) is 22.8. The van der Waals surface area contributed by atoms with E-state index in [4.69, 9.17) is 14.2 Å². The normalized spacial score (nSPS) is 15.1. The molecule has 0 saturated carbocycles. The number of amides is 2. The first-order chi connectivity index (χ1) is 17.6. The Morgan fingerprint density at radius 2 is 1.89 bits per heavy atom. The summed E-state index contributed by atoms with van der Waals surface area (Å²) in [6, 6.07) is 9.39. The average molecular weight is 593 g/mol. The van der Waals surface area contributed by atoms with E-state index in [0.29, 0.717) is 34.6 Å². The summed E-state index contributed by atoms with van der Waals surface area (Å²) in [7, 11) is 0. The second-order valence-corrected chi connectivity index (χ2v) is 9.80. The van der Waals surface area contributed by atoms with Gasteiger partial charge in [-0.25, -0.2) is 0 Å². The maximum Gasteiger partial charge on any atom is 0.326 e. The maximum atomic E-state index is 12.8. The number of non-ortho nitro benzene ring substituents is 1. The van der Waals surface area contributed by atoms with E-state index < -0.39 is 28.6 Å². The standard InChI is InChI=1S/C25H25BrN2O8S/c1-4-15(3)36-22(29)13-27-24(30)21(37-25(27)31)12-17-10-19(26)23(20(11-17)34-5-2)35-14-16-6-8-18(9-7-16)28(32)33/h6-12,15H,4-5,13-14H2,1-3H3/b21-12+/t15-/m1/s1. The number of ether oxygens (including phenoxy) is 3. The van der Waals surface area contributed by atoms with Crippen molar-refractivity contribution in [2.75, 3.05) is 13.2 Å². The summed E-state index contributed by atoms with van der Waals surface area (Å²) in [5.74, 6) is -0.405. The van der Waals surface area contributed by atoms with Crippen molar-refractivity contribution in [2.24, 2.45) is 0 Å². The molecule has 196 valence electrons. The van der Waals surface area contributed by atoms with Crippen molar-refractivity contribution in [3.05, 3.63) is 67.0 Å². The number of benzene rings is 2. The number of hydrogen-bond acceptors (Lipinski definition) is 9. The van der Waals surface area contributed by atoms with Gasteiger partial charge in [0, 0.05) is 12.1 Å². The van der Waals surface area contributed by atoms with Crippen LogP contribution in [-0.2, 0) is 20.9 Å². The van der Waals surface area contributed by atoms with Crippen LogP contribution in [-0.4, -0.2) is 46.2 Å². The van der Waals surface area contributed by atoms with Crippen molar-refractivity contribution in [3.63, 3.8) is 0 Å². The number of imide groups is 1. The predicted octanol–water partition coefficient (Wildman–Crippen LogP) is 5.71. The molecular weight excluding hydrogens is 568 g/mol. The number of esters is 1. The zero-order chi connectivity index (χ0) is 27.1. The SMILES string of the molecule is CCOc1cc(/C=C2/SC(=O)N(CC(=O)O[C@H](C)CC)C2=O)cc(Br)c1OCc1ccc([N+](=O)[O-])cc1. The van der Waals surface area contributed by atoms with E-state index in [1.807, 2.05) is 13.8 Å². The highest BCUT2D eigenvalue weighted by Gasteiger charge is 2.37. The highest BCUT2D eigenvalue weighted by Crippen LogP contribution is 2.39. The molecular formula is C25H25BrN2O8S. The van der Waals surface area contributed by atoms with Crippen LogP contribution in [0.5, 0.6) is 11.5 Å². The highest BCUT2D eigenvalue weighted by molar-refractivity contribution is 9.10. The van der Waals surface area contributed by atoms with Gasteiger partial charge < -0.3 is 14.2 Å². The van der Waals surface area contributed by atoms with Gasteiger partial charge in [0.2, 0.25) is 0 Å². The van der Waals surface area contributed by atoms with Crippen LogP contribution in [0.4, 0.5) is 10.5 Å². The van der Waals surface area contributed by atoms with Gasteiger partial charge in [0.1, 0.15) is 13.2 Å². The van der Waals surface area contributed by atoms with Crippen LogP contribution in [0.1, 0.15) is 38.3 Å². The molecule has 0 unspecified atom stereocenters. The average Bonchev–Trinajstić information content (AvgIpc) is 3.11. The number of thioether (sulfide) groups is 1. The summed E-state index contributed by atoms with van der Waals surface area (Å²) in [5.41, 5.74) is 1.29. The number of rotatable bonds is 11. The molecule has 0 spiro atoms. The Hall–Kier alpha value is -3.38. The fourth-order valence-corrected chi connectivity index (χ4v) is 4.62. The first kappa shape index (κ1) is 28.2. The molecule has 1 heterocycles. The molecule has 1 saturated heterocycles. The van der Waals surface area contributed by atoms with E-state index in [2.05, 4.69) is 15.9 Å². The Morgan fingerprint density at radius 1 is 1.19 bits per heavy atom. The van der Waals surface area contributed by atoms with Gasteiger partial charge in [-0.2, -0.15) is 0 Å². The van der Waals surface area contributed by atoms with E-state index in [1.54, 1.807) is 31.2 Å². The molecule has 1 fully saturated rings. The lowest BCUT2D eigenvalue weighted by atomic mass is 10.1. The first-order valence-electron chi connectivity index (χ1n) is 11.4. The van der Waals surface area contributed by atoms with Crippen molar-refractivity contribution < 1.29 is 33.5 Å². The molecule has 0 radical (unpaired) electrons. The minimum atomic E-state index is -0.645. The van der Waals surface area contributed by atoms with Crippen molar-refractivity contribution in [3.8, 4) is 11.5 Å². The van der Waals surface area contributed by atoms with Crippen molar-refractivity contribution in [2.45, 2.75) is 39.9 Å². The molecule has 0 N–H and O–H groups in total. The van der Waals surface area contributed by atoms with Crippen molar-refractivity contribution >= 4 is 56.6 Å². The summed E-state index contributed by atoms with van der Waals surface area (Å²) in [6.07, 6.45) is 1.86. The van der Waals surface area contributed by atoms with Gasteiger partial charge in [-0.15, -0.1) is 0 Å². The molecule has 2 aromatic rings. The van der Waals surface area contributed by atoms with E-state index in [-0.39, 0.29) is 23.3 Å². The summed E-state index contributed by atoms with van der Waals surface area (Å²) in [4.78, 5) is 48.6. The Bertz CT molecular complexity index is 1230. The number of hydrogen-bond donors (Lipinski definition) is 0. The third kappa shape index (κ3) is 7.32. The van der Waals surface area contributed by atoms with Gasteiger partial charge in [0.05, 0.1) is 27.0 Å². The Balaban J connectivity index is 1.77. The molecule has 1 aliphatic rings. The molecule has 0 aromatic heterocycles. The molecule has 0 aliphatic carbocycles. The number of carbonyl (C=O) groups excluding carboxylic acids is 3. The van der Waals surface area contributed by atoms with E-state index in [1.165, 1.54) is 18.2 Å². The molecule has 1 atom stereocenters. The highest BCUT2D eigenvalue weighted by atomic mass is 79.9. The monoisotopic (exact) mass is 592 g/mol. The number of nitro groups is 1. The molecule has 3 rings (SSSR count). The summed E-state index contributed by atoms with van der Waals surface area (Å²) < 4.78 is 17.4. The largest absolute Gasteiger partial charge is 0.490 e. The van der Waals surface area contributed by atoms with Gasteiger partial charge >= 0.3 is 5.97 Å². The summed E-state index contributed by atoms with van der Waals surface area (Å²) in [6.45, 7) is 5.45. The van der Waals surface area contributed by atoms with Crippen LogP contribution in [0.2, 0.25) is 0 Å². The fraction of sp³-hybridized carbons (Fsp3) is 0.320. The van der Waals surface area contributed by atoms with Crippen LogP contribution in [0.3, 0.4) is 0 Å². The van der Waals surface area contributed by atoms with Crippen molar-refractivity contribution in [1.82, 2.24) is 4.90 Å². The van der Waals surface area contributed by atoms with Gasteiger partial charge in [-0.3, -0.25) is 29.4 Å². The molecule has 0 bridgehead atoms. The number of carbonyl (C=O) groups is 3. The van der Waals surface area contributed by atoms with Gasteiger partial charge in [-0.1, -0.05) is 6.92 Å². The molecule has 2 amide bonds. The van der Waals surface area contributed by atoms with Crippen LogP contribution in [0.15, 0.2) is 45.8 Å².